The van der Waals surface area contributed by atoms with Crippen molar-refractivity contribution in [2.75, 3.05) is 38.5 Å². The molecule has 0 radical (unpaired) electrons. The molecule has 120 valence electrons. The maximum absolute atomic E-state index is 4.70. The molecule has 0 saturated carbocycles. The van der Waals surface area contributed by atoms with Crippen molar-refractivity contribution < 1.29 is 0 Å². The Hall–Kier alpha value is 0.270. The molecule has 1 aliphatic heterocycles. The van der Waals surface area contributed by atoms with Crippen LogP contribution in [0.3, 0.4) is 0 Å². The van der Waals surface area contributed by atoms with E-state index in [-0.39, 0.29) is 0 Å². The van der Waals surface area contributed by atoms with Crippen LogP contribution in [0.15, 0.2) is 0 Å². The molecule has 1 unspecified atom stereocenters. The largest absolute Gasteiger partial charge is 0.300 e. The van der Waals surface area contributed by atoms with E-state index in [2.05, 4.69) is 37.5 Å². The Morgan fingerprint density at radius 3 is 1.95 bits per heavy atom. The topological polar surface area (TPSA) is 6.48 Å². The first-order chi connectivity index (χ1) is 9.60. The minimum atomic E-state index is 0.450. The first-order valence-corrected chi connectivity index (χ1v) is 9.31. The Labute approximate surface area is 132 Å². The van der Waals surface area contributed by atoms with E-state index in [0.717, 1.165) is 11.8 Å². The van der Waals surface area contributed by atoms with Crippen LogP contribution in [0, 0.1) is 5.41 Å². The summed E-state index contributed by atoms with van der Waals surface area (Å²) in [6.07, 6.45) is 6.50. The maximum Gasteiger partial charge on any atom is 0.0113 e. The number of hydrogen-bond acceptors (Lipinski definition) is 3. The summed E-state index contributed by atoms with van der Waals surface area (Å²) in [5.41, 5.74) is 0.450. The predicted molar refractivity (Wildman–Crippen MR) is 93.9 cm³/mol. The van der Waals surface area contributed by atoms with Crippen LogP contribution in [0.25, 0.3) is 0 Å². The molecular formula is C17H36N2S. The second-order valence-electron chi connectivity index (χ2n) is 6.73. The van der Waals surface area contributed by atoms with Gasteiger partial charge >= 0.3 is 0 Å². The second-order valence-corrected chi connectivity index (χ2v) is 7.04. The summed E-state index contributed by atoms with van der Waals surface area (Å²) in [4.78, 5) is 5.35. The lowest BCUT2D eigenvalue weighted by Crippen LogP contribution is -2.52. The van der Waals surface area contributed by atoms with E-state index in [1.165, 1.54) is 64.8 Å². The molecule has 1 heterocycles. The Bertz CT molecular complexity index is 243. The minimum Gasteiger partial charge on any atom is -0.300 e. The summed E-state index contributed by atoms with van der Waals surface area (Å²) < 4.78 is 0. The number of hydrogen-bond donors (Lipinski definition) is 1. The molecule has 0 aliphatic carbocycles. The van der Waals surface area contributed by atoms with Gasteiger partial charge in [-0.05, 0) is 37.4 Å². The summed E-state index contributed by atoms with van der Waals surface area (Å²) in [5, 5.41) is 0. The molecule has 2 nitrogen and oxygen atoms in total. The first kappa shape index (κ1) is 18.3. The van der Waals surface area contributed by atoms with Gasteiger partial charge in [-0.25, -0.2) is 0 Å². The average molecular weight is 301 g/mol. The molecule has 20 heavy (non-hydrogen) atoms. The minimum absolute atomic E-state index is 0.450. The molecule has 0 N–H and O–H groups in total. The van der Waals surface area contributed by atoms with Crippen LogP contribution in [-0.4, -0.2) is 54.3 Å². The van der Waals surface area contributed by atoms with E-state index in [0.29, 0.717) is 5.41 Å². The lowest BCUT2D eigenvalue weighted by molar-refractivity contribution is 0.0658. The van der Waals surface area contributed by atoms with Gasteiger partial charge in [0.2, 0.25) is 0 Å². The average Bonchev–Trinajstić information content (AvgIpc) is 2.47. The van der Waals surface area contributed by atoms with Gasteiger partial charge in [-0.3, -0.25) is 4.90 Å². The molecule has 0 bridgehead atoms. The predicted octanol–water partition coefficient (Wildman–Crippen LogP) is 3.92. The van der Waals surface area contributed by atoms with Crippen LogP contribution in [0.4, 0.5) is 0 Å². The monoisotopic (exact) mass is 300 g/mol. The van der Waals surface area contributed by atoms with Crippen molar-refractivity contribution in [2.24, 2.45) is 5.41 Å². The fraction of sp³-hybridized carbons (Fsp3) is 1.00. The maximum atomic E-state index is 4.70. The van der Waals surface area contributed by atoms with Crippen LogP contribution in [0.2, 0.25) is 0 Å². The van der Waals surface area contributed by atoms with Crippen LogP contribution in [0.1, 0.15) is 59.8 Å². The van der Waals surface area contributed by atoms with Crippen LogP contribution >= 0.6 is 12.6 Å². The van der Waals surface area contributed by atoms with Crippen molar-refractivity contribution in [1.29, 1.82) is 0 Å². The van der Waals surface area contributed by atoms with Crippen LogP contribution in [0.5, 0.6) is 0 Å². The first-order valence-electron chi connectivity index (χ1n) is 8.68. The molecule has 0 aromatic carbocycles. The van der Waals surface area contributed by atoms with Gasteiger partial charge < -0.3 is 4.90 Å². The third-order valence-corrected chi connectivity index (χ3v) is 5.75. The molecule has 0 aromatic rings. The molecule has 0 amide bonds. The van der Waals surface area contributed by atoms with E-state index in [9.17, 15) is 0 Å². The van der Waals surface area contributed by atoms with Gasteiger partial charge in [0.25, 0.3) is 0 Å². The van der Waals surface area contributed by atoms with Gasteiger partial charge in [0.1, 0.15) is 0 Å². The molecule has 1 atom stereocenters. The van der Waals surface area contributed by atoms with Gasteiger partial charge in [0.05, 0.1) is 0 Å². The summed E-state index contributed by atoms with van der Waals surface area (Å²) >= 11 is 4.70. The summed E-state index contributed by atoms with van der Waals surface area (Å²) in [5.74, 6) is 1.04. The Balaban J connectivity index is 2.50. The Morgan fingerprint density at radius 2 is 1.55 bits per heavy atom. The quantitative estimate of drug-likeness (QED) is 0.645. The number of piperazine rings is 1. The lowest BCUT2D eigenvalue weighted by Gasteiger charge is -2.43. The van der Waals surface area contributed by atoms with Crippen molar-refractivity contribution in [3.05, 3.63) is 0 Å². The van der Waals surface area contributed by atoms with Gasteiger partial charge in [-0.2, -0.15) is 12.6 Å². The van der Waals surface area contributed by atoms with Gasteiger partial charge in [0.15, 0.2) is 0 Å². The molecule has 3 heteroatoms. The van der Waals surface area contributed by atoms with Crippen molar-refractivity contribution >= 4 is 12.6 Å². The highest BCUT2D eigenvalue weighted by molar-refractivity contribution is 7.80. The highest BCUT2D eigenvalue weighted by Crippen LogP contribution is 2.32. The fourth-order valence-corrected chi connectivity index (χ4v) is 4.06. The van der Waals surface area contributed by atoms with E-state index in [1.807, 2.05) is 0 Å². The molecule has 0 aromatic heterocycles. The summed E-state index contributed by atoms with van der Waals surface area (Å²) in [6.45, 7) is 15.5. The molecule has 1 rings (SSSR count). The Morgan fingerprint density at radius 1 is 1.00 bits per heavy atom. The van der Waals surface area contributed by atoms with Crippen molar-refractivity contribution in [1.82, 2.24) is 9.80 Å². The molecule has 0 spiro atoms. The highest BCUT2D eigenvalue weighted by atomic mass is 32.1. The van der Waals surface area contributed by atoms with Gasteiger partial charge in [-0.1, -0.05) is 33.6 Å². The summed E-state index contributed by atoms with van der Waals surface area (Å²) in [6, 6.07) is 0.748. The van der Waals surface area contributed by atoms with E-state index in [1.54, 1.807) is 0 Å². The van der Waals surface area contributed by atoms with Gasteiger partial charge in [0, 0.05) is 38.8 Å². The number of thiol groups is 1. The normalized spacial score (nSPS) is 20.2. The van der Waals surface area contributed by atoms with E-state index >= 15 is 0 Å². The number of rotatable bonds is 9. The van der Waals surface area contributed by atoms with Gasteiger partial charge in [-0.15, -0.1) is 0 Å². The lowest BCUT2D eigenvalue weighted by atomic mass is 9.80. The smallest absolute Gasteiger partial charge is 0.0113 e. The number of nitrogens with zero attached hydrogens (tertiary/aromatic N) is 2. The zero-order valence-corrected chi connectivity index (χ0v) is 15.1. The zero-order chi connectivity index (χ0) is 15.0. The molecule has 1 aliphatic rings. The van der Waals surface area contributed by atoms with Crippen molar-refractivity contribution in [2.45, 2.75) is 65.8 Å². The van der Waals surface area contributed by atoms with Crippen LogP contribution in [-0.2, 0) is 0 Å². The fourth-order valence-electron chi connectivity index (χ4n) is 3.65. The van der Waals surface area contributed by atoms with Crippen LogP contribution < -0.4 is 0 Å². The molecule has 1 fully saturated rings. The van der Waals surface area contributed by atoms with Crippen molar-refractivity contribution in [3.8, 4) is 0 Å². The second kappa shape index (κ2) is 9.32. The SMILES string of the molecule is CCCC(CS)(CCC)CN1CCN(C(C)CC)CC1. The van der Waals surface area contributed by atoms with Crippen molar-refractivity contribution in [3.63, 3.8) is 0 Å². The standard InChI is InChI=1S/C17H36N2S/c1-5-8-17(15-20,9-6-2)14-18-10-12-19(13-11-18)16(4)7-3/h16,20H,5-15H2,1-4H3. The zero-order valence-electron chi connectivity index (χ0n) is 14.2. The third kappa shape index (κ3) is 5.23. The Kier molecular flexibility index (Phi) is 8.54. The third-order valence-electron chi connectivity index (χ3n) is 5.08. The molecule has 1 saturated heterocycles. The van der Waals surface area contributed by atoms with E-state index in [4.69, 9.17) is 12.6 Å². The molecular weight excluding hydrogens is 264 g/mol. The van der Waals surface area contributed by atoms with E-state index < -0.39 is 0 Å². The highest BCUT2D eigenvalue weighted by Gasteiger charge is 2.31. The summed E-state index contributed by atoms with van der Waals surface area (Å²) in [7, 11) is 0.